The van der Waals surface area contributed by atoms with E-state index in [1.165, 1.54) is 174 Å². The van der Waals surface area contributed by atoms with E-state index in [4.69, 9.17) is 0 Å². The Kier molecular flexibility index (Phi) is 10.4. The van der Waals surface area contributed by atoms with Crippen molar-refractivity contribution in [3.05, 3.63) is 303 Å². The van der Waals surface area contributed by atoms with Crippen LogP contribution in [0.15, 0.2) is 303 Å². The lowest BCUT2D eigenvalue weighted by atomic mass is 9.81. The van der Waals surface area contributed by atoms with Gasteiger partial charge in [-0.2, -0.15) is 0 Å². The van der Waals surface area contributed by atoms with Crippen molar-refractivity contribution in [2.24, 2.45) is 0 Å². The Morgan fingerprint density at radius 1 is 0.110 bits per heavy atom. The normalized spacial score (nSPS) is 11.9. The second-order valence-corrected chi connectivity index (χ2v) is 22.2. The van der Waals surface area contributed by atoms with Crippen molar-refractivity contribution in [3.63, 3.8) is 0 Å². The van der Waals surface area contributed by atoms with Crippen molar-refractivity contribution < 1.29 is 0 Å². The van der Waals surface area contributed by atoms with Gasteiger partial charge in [-0.25, -0.2) is 0 Å². The number of rotatable bonds is 6. The molecule has 0 spiro atoms. The maximum Gasteiger partial charge on any atom is -0.00259 e. The van der Waals surface area contributed by atoms with Gasteiger partial charge < -0.3 is 0 Å². The molecule has 0 aliphatic heterocycles. The molecular formula is C82H50. The summed E-state index contributed by atoms with van der Waals surface area (Å²) in [5, 5.41) is 24.7. The summed E-state index contributed by atoms with van der Waals surface area (Å²) in [4.78, 5) is 0. The summed E-state index contributed by atoms with van der Waals surface area (Å²) in [6.07, 6.45) is 0. The molecule has 0 atom stereocenters. The molecule has 0 N–H and O–H groups in total. The van der Waals surface area contributed by atoms with E-state index in [-0.39, 0.29) is 0 Å². The van der Waals surface area contributed by atoms with E-state index in [0.717, 1.165) is 0 Å². The van der Waals surface area contributed by atoms with E-state index in [1.807, 2.05) is 0 Å². The lowest BCUT2D eigenvalue weighted by Gasteiger charge is -2.22. The van der Waals surface area contributed by atoms with Crippen molar-refractivity contribution in [2.45, 2.75) is 0 Å². The average Bonchev–Trinajstić information content (AvgIpc) is 3.71. The Labute approximate surface area is 475 Å². The molecule has 17 aromatic rings. The third-order valence-electron chi connectivity index (χ3n) is 17.7. The highest BCUT2D eigenvalue weighted by atomic mass is 14.3. The number of hydrogen-bond acceptors (Lipinski definition) is 0. The van der Waals surface area contributed by atoms with Crippen molar-refractivity contribution in [3.8, 4) is 66.8 Å². The Bertz CT molecular complexity index is 5060. The molecule has 0 heterocycles. The minimum atomic E-state index is 1.19. The van der Waals surface area contributed by atoms with Gasteiger partial charge in [0, 0.05) is 0 Å². The Hall–Kier alpha value is -10.7. The van der Waals surface area contributed by atoms with Crippen molar-refractivity contribution >= 4 is 108 Å². The maximum atomic E-state index is 2.52. The lowest BCUT2D eigenvalue weighted by molar-refractivity contribution is 1.66. The molecule has 0 bridgehead atoms. The summed E-state index contributed by atoms with van der Waals surface area (Å²) >= 11 is 0. The standard InChI is InChI=1S/C82H50/c1-5-21-55-45-59(37-33-51(55)17-1)77-65-25-9-13-29-69(65)79(70-30-14-10-26-66(70)77)63-41-43-73-75(49-63)81(61-39-35-53-19-3-7-23-57(53)47-61)74-44-42-64(50-76(74)82(73)62-40-36-54-20-4-8-24-58(54)48-62)80-71-31-15-11-27-67(71)78(68-28-12-16-32-72(68)80)60-38-34-52-18-2-6-22-56(52)46-60/h1-50H. The molecule has 378 valence electrons. The fourth-order valence-electron chi connectivity index (χ4n) is 14.0. The van der Waals surface area contributed by atoms with Crippen LogP contribution < -0.4 is 0 Å². The highest BCUT2D eigenvalue weighted by Crippen LogP contribution is 2.51. The first-order valence-corrected chi connectivity index (χ1v) is 28.5. The van der Waals surface area contributed by atoms with Gasteiger partial charge in [0.1, 0.15) is 0 Å². The molecule has 82 heavy (non-hydrogen) atoms. The predicted octanol–water partition coefficient (Wildman–Crippen LogP) is 23.2. The molecule has 0 nitrogen and oxygen atoms in total. The van der Waals surface area contributed by atoms with Gasteiger partial charge in [0.15, 0.2) is 0 Å². The van der Waals surface area contributed by atoms with Crippen molar-refractivity contribution in [1.29, 1.82) is 0 Å². The van der Waals surface area contributed by atoms with Crippen LogP contribution in [0.25, 0.3) is 174 Å². The van der Waals surface area contributed by atoms with E-state index in [2.05, 4.69) is 303 Å². The number of fused-ring (bicyclic) bond motifs is 10. The van der Waals surface area contributed by atoms with Crippen molar-refractivity contribution in [2.75, 3.05) is 0 Å². The lowest BCUT2D eigenvalue weighted by Crippen LogP contribution is -1.95. The van der Waals surface area contributed by atoms with Crippen LogP contribution in [0.1, 0.15) is 0 Å². The van der Waals surface area contributed by atoms with Crippen molar-refractivity contribution in [1.82, 2.24) is 0 Å². The molecule has 0 aromatic heterocycles. The molecule has 17 aromatic carbocycles. The first kappa shape index (κ1) is 46.3. The van der Waals surface area contributed by atoms with Gasteiger partial charge in [-0.15, -0.1) is 0 Å². The fourth-order valence-corrected chi connectivity index (χ4v) is 14.0. The van der Waals surface area contributed by atoms with Crippen LogP contribution in [0, 0.1) is 0 Å². The van der Waals surface area contributed by atoms with Gasteiger partial charge in [-0.05, 0) is 211 Å². The SMILES string of the molecule is c1ccc2cc(-c3c4ccccc4c(-c4ccc5c(-c6ccc7ccccc7c6)c6cc(-c7c8ccccc8c(-c8ccc9ccccc9c8)c8ccccc78)ccc6c(-c6ccc7ccccc7c6)c5c4)c4ccccc34)ccc2c1. The summed E-state index contributed by atoms with van der Waals surface area (Å²) in [7, 11) is 0. The van der Waals surface area contributed by atoms with Gasteiger partial charge in [-0.3, -0.25) is 0 Å². The predicted molar refractivity (Wildman–Crippen MR) is 354 cm³/mol. The third-order valence-corrected chi connectivity index (χ3v) is 17.7. The molecule has 0 radical (unpaired) electrons. The molecule has 0 unspecified atom stereocenters. The summed E-state index contributed by atoms with van der Waals surface area (Å²) < 4.78 is 0. The zero-order chi connectivity index (χ0) is 53.8. The molecular weight excluding hydrogens is 985 g/mol. The van der Waals surface area contributed by atoms with Gasteiger partial charge in [0.05, 0.1) is 0 Å². The molecule has 0 saturated heterocycles. The first-order chi connectivity index (χ1) is 40.7. The zero-order valence-electron chi connectivity index (χ0n) is 44.9. The summed E-state index contributed by atoms with van der Waals surface area (Å²) in [6, 6.07) is 114. The van der Waals surface area contributed by atoms with E-state index in [9.17, 15) is 0 Å². The fraction of sp³-hybridized carbons (Fsp3) is 0. The summed E-state index contributed by atoms with van der Waals surface area (Å²) in [5.41, 5.74) is 14.7. The van der Waals surface area contributed by atoms with Crippen LogP contribution >= 0.6 is 0 Å². The van der Waals surface area contributed by atoms with Crippen LogP contribution in [0.5, 0.6) is 0 Å². The number of benzene rings is 17. The van der Waals surface area contributed by atoms with E-state index in [1.54, 1.807) is 0 Å². The summed E-state index contributed by atoms with van der Waals surface area (Å²) in [5.74, 6) is 0. The maximum absolute atomic E-state index is 2.52. The van der Waals surface area contributed by atoms with Gasteiger partial charge in [-0.1, -0.05) is 267 Å². The monoisotopic (exact) mass is 1030 g/mol. The highest BCUT2D eigenvalue weighted by Gasteiger charge is 2.24. The molecule has 17 rings (SSSR count). The third kappa shape index (κ3) is 7.25. The zero-order valence-corrected chi connectivity index (χ0v) is 44.9. The first-order valence-electron chi connectivity index (χ1n) is 28.5. The molecule has 0 amide bonds. The molecule has 0 aliphatic rings. The van der Waals surface area contributed by atoms with Gasteiger partial charge in [0.25, 0.3) is 0 Å². The van der Waals surface area contributed by atoms with Crippen LogP contribution in [0.3, 0.4) is 0 Å². The number of hydrogen-bond donors (Lipinski definition) is 0. The second-order valence-electron chi connectivity index (χ2n) is 22.2. The molecule has 0 saturated carbocycles. The van der Waals surface area contributed by atoms with Crippen LogP contribution in [-0.2, 0) is 0 Å². The van der Waals surface area contributed by atoms with E-state index in [0.29, 0.717) is 0 Å². The smallest absolute Gasteiger partial charge is 0.00259 e. The van der Waals surface area contributed by atoms with Crippen LogP contribution in [0.4, 0.5) is 0 Å². The molecule has 0 aliphatic carbocycles. The van der Waals surface area contributed by atoms with Crippen LogP contribution in [-0.4, -0.2) is 0 Å². The molecule has 0 heteroatoms. The second kappa shape index (κ2) is 18.5. The minimum Gasteiger partial charge on any atom is -0.0616 e. The Morgan fingerprint density at radius 3 is 0.524 bits per heavy atom. The quantitative estimate of drug-likeness (QED) is 0.146. The largest absolute Gasteiger partial charge is 0.0616 e. The van der Waals surface area contributed by atoms with E-state index < -0.39 is 0 Å². The Balaban J connectivity index is 0.978. The Morgan fingerprint density at radius 2 is 0.280 bits per heavy atom. The van der Waals surface area contributed by atoms with Crippen LogP contribution in [0.2, 0.25) is 0 Å². The van der Waals surface area contributed by atoms with Gasteiger partial charge >= 0.3 is 0 Å². The average molecular weight is 1040 g/mol. The topological polar surface area (TPSA) is 0 Å². The molecule has 0 fully saturated rings. The highest BCUT2D eigenvalue weighted by molar-refractivity contribution is 6.28. The minimum absolute atomic E-state index is 1.19. The summed E-state index contributed by atoms with van der Waals surface area (Å²) in [6.45, 7) is 0. The van der Waals surface area contributed by atoms with Gasteiger partial charge in [0.2, 0.25) is 0 Å². The van der Waals surface area contributed by atoms with E-state index >= 15 is 0 Å².